The van der Waals surface area contributed by atoms with Crippen LogP contribution in [0.1, 0.15) is 88.0 Å². The van der Waals surface area contributed by atoms with Crippen LogP contribution in [0, 0.1) is 11.2 Å². The first-order valence-electron chi connectivity index (χ1n) is 18.1. The number of hydrogen-bond acceptors (Lipinski definition) is 9. The van der Waals surface area contributed by atoms with Crippen molar-refractivity contribution in [2.45, 2.75) is 84.9 Å². The molecule has 3 radical (unpaired) electrons. The minimum atomic E-state index is -0.488. The van der Waals surface area contributed by atoms with Gasteiger partial charge in [0.2, 0.25) is 0 Å². The van der Waals surface area contributed by atoms with Gasteiger partial charge in [-0.05, 0) is 39.0 Å². The molecule has 269 valence electrons. The number of nitrogens with zero attached hydrogens (tertiary/aromatic N) is 7. The van der Waals surface area contributed by atoms with Crippen LogP contribution in [0.3, 0.4) is 0 Å². The minimum Gasteiger partial charge on any atom is -0.0448 e. The van der Waals surface area contributed by atoms with Crippen LogP contribution in [0.15, 0.2) is 43.0 Å². The van der Waals surface area contributed by atoms with Crippen molar-refractivity contribution >= 4 is 37.5 Å². The van der Waals surface area contributed by atoms with Gasteiger partial charge in [0.1, 0.15) is 17.9 Å². The number of hydrogen-bond donors (Lipinski definition) is 0. The standard InChI is InChI=1S/C36H47FN7O3.C2H6.Pb/c1-7-44(24(2)3)35(45)27-17-25(37)10-11-30(27)47-32-20-38-23-40-34(32)43-21-36(22-43)18-26(19-36)46-31-12-14-39-28-13-16-42(6)29(33(28)31)9-8-15-41(4)5;1-2;/h10-12,14,17,20,23-24,26,29H,6-9,13,15-16,18-19,21-22H2,1-5H3;1-2H3;. The van der Waals surface area contributed by atoms with Gasteiger partial charge >= 0.3 is 179 Å². The molecule has 10 nitrogen and oxygen atoms in total. The Labute approximate surface area is 313 Å². The van der Waals surface area contributed by atoms with Gasteiger partial charge in [-0.1, -0.05) is 13.8 Å². The summed E-state index contributed by atoms with van der Waals surface area (Å²) in [5.74, 6) is 1.65. The summed E-state index contributed by atoms with van der Waals surface area (Å²) in [6.07, 6.45) is 10.4. The van der Waals surface area contributed by atoms with E-state index in [0.29, 0.717) is 24.2 Å². The van der Waals surface area contributed by atoms with E-state index in [1.807, 2.05) is 40.8 Å². The van der Waals surface area contributed by atoms with Crippen molar-refractivity contribution in [1.82, 2.24) is 29.7 Å². The Kier molecular flexibility index (Phi) is 13.1. The third kappa shape index (κ3) is 8.41. The third-order valence-electron chi connectivity index (χ3n) is 9.97. The summed E-state index contributed by atoms with van der Waals surface area (Å²) in [5.41, 5.74) is 2.86. The summed E-state index contributed by atoms with van der Waals surface area (Å²) in [4.78, 5) is 35.7. The predicted molar refractivity (Wildman–Crippen MR) is 196 cm³/mol. The molecule has 1 amide bonds. The van der Waals surface area contributed by atoms with E-state index in [1.165, 1.54) is 35.8 Å². The van der Waals surface area contributed by atoms with Crippen LogP contribution in [-0.2, 0) is 6.42 Å². The van der Waals surface area contributed by atoms with Crippen LogP contribution in [0.2, 0.25) is 0 Å². The van der Waals surface area contributed by atoms with Gasteiger partial charge in [-0.2, -0.15) is 0 Å². The van der Waals surface area contributed by atoms with Gasteiger partial charge < -0.3 is 9.64 Å². The zero-order valence-electron chi connectivity index (χ0n) is 30.8. The Morgan fingerprint density at radius 3 is 2.56 bits per heavy atom. The minimum absolute atomic E-state index is 0.0344. The molecular formula is C38H53FN7O3Pb. The molecule has 1 unspecified atom stereocenters. The second-order valence-electron chi connectivity index (χ2n) is 14.0. The molecular weight excluding hydrogens is 829 g/mol. The second-order valence-corrected chi connectivity index (χ2v) is 15.2. The number of benzene rings is 1. The normalized spacial score (nSPS) is 18.2. The molecule has 1 spiro atoms. The van der Waals surface area contributed by atoms with Gasteiger partial charge in [0.25, 0.3) is 5.91 Å². The maximum absolute atomic E-state index is 14.3. The third-order valence-corrected chi connectivity index (χ3v) is 11.6. The zero-order valence-corrected chi connectivity index (χ0v) is 34.7. The first-order valence-corrected chi connectivity index (χ1v) is 20.9. The molecule has 12 heteroatoms. The Morgan fingerprint density at radius 2 is 1.88 bits per heavy atom. The summed E-state index contributed by atoms with van der Waals surface area (Å²) in [6, 6.07) is 6.46. The van der Waals surface area contributed by atoms with E-state index in [1.54, 1.807) is 11.1 Å². The van der Waals surface area contributed by atoms with Crippen molar-refractivity contribution in [2.24, 2.45) is 5.41 Å². The number of carbonyl (C=O) groups is 1. The average molecular weight is 882 g/mol. The zero-order chi connectivity index (χ0) is 36.0. The van der Waals surface area contributed by atoms with Crippen molar-refractivity contribution < 1.29 is 18.7 Å². The van der Waals surface area contributed by atoms with Gasteiger partial charge in [-0.25, -0.2) is 14.4 Å². The number of carbonyl (C=O) groups excluding carboxylic acids is 1. The summed E-state index contributed by atoms with van der Waals surface area (Å²) in [6.45, 7) is 14.1. The average Bonchev–Trinajstić information content (AvgIpc) is 3.07. The van der Waals surface area contributed by atoms with Crippen LogP contribution >= 0.6 is 0 Å². The second kappa shape index (κ2) is 17.1. The first-order chi connectivity index (χ1) is 24.1. The van der Waals surface area contributed by atoms with E-state index in [2.05, 4.69) is 44.8 Å². The van der Waals surface area contributed by atoms with E-state index >= 15 is 0 Å². The predicted octanol–water partition coefficient (Wildman–Crippen LogP) is 6.11. The van der Waals surface area contributed by atoms with Crippen LogP contribution in [0.25, 0.3) is 0 Å². The molecule has 3 aromatic rings. The van der Waals surface area contributed by atoms with Crippen LogP contribution in [-0.4, -0.2) is 124 Å². The Balaban J connectivity index is 0.00000239. The van der Waals surface area contributed by atoms with Crippen molar-refractivity contribution in [1.29, 1.82) is 0 Å². The summed E-state index contributed by atoms with van der Waals surface area (Å²) in [7, 11) is 4.28. The number of halogens is 1. The molecule has 6 rings (SSSR count). The number of anilines is 1. The number of aromatic nitrogens is 3. The Bertz CT molecular complexity index is 1590. The van der Waals surface area contributed by atoms with Crippen LogP contribution in [0.4, 0.5) is 10.2 Å². The van der Waals surface area contributed by atoms with Gasteiger partial charge in [0.15, 0.2) is 5.75 Å². The van der Waals surface area contributed by atoms with Gasteiger partial charge in [-0.15, -0.1) is 0 Å². The number of rotatable bonds is 13. The molecule has 2 aliphatic heterocycles. The number of pyridine rings is 1. The van der Waals surface area contributed by atoms with Gasteiger partial charge in [0.05, 0.1) is 11.8 Å². The summed E-state index contributed by atoms with van der Waals surface area (Å²) >= 11 is 1.15. The molecule has 1 saturated heterocycles. The van der Waals surface area contributed by atoms with E-state index in [4.69, 9.17) is 14.5 Å². The van der Waals surface area contributed by atoms with E-state index in [9.17, 15) is 9.18 Å². The molecule has 4 heterocycles. The van der Waals surface area contributed by atoms with E-state index in [-0.39, 0.29) is 34.8 Å². The maximum Gasteiger partial charge on any atom is 0.0263 e. The monoisotopic (exact) mass is 882 g/mol. The van der Waals surface area contributed by atoms with Crippen molar-refractivity contribution in [3.8, 4) is 17.2 Å². The van der Waals surface area contributed by atoms with E-state index < -0.39 is 5.82 Å². The van der Waals surface area contributed by atoms with Crippen molar-refractivity contribution in [3.63, 3.8) is 0 Å². The van der Waals surface area contributed by atoms with Crippen LogP contribution in [0.5, 0.6) is 17.2 Å². The molecule has 2 aromatic heterocycles. The number of amides is 1. The fraction of sp³-hybridized carbons (Fsp3) is 0.579. The SMILES string of the molecule is CC.CCN(C(=O)c1cc(F)ccc1Oc1cncnc1N1CC2(CC(Oc3ccnc4c3C(CCCN(C)C)N([CH2][Pb])CC4)C2)C1)C(C)C. The summed E-state index contributed by atoms with van der Waals surface area (Å²) in [5, 5.41) is 0. The van der Waals surface area contributed by atoms with Gasteiger partial charge in [0, 0.05) is 12.6 Å². The fourth-order valence-corrected chi connectivity index (χ4v) is 9.07. The molecule has 1 aromatic carbocycles. The number of ether oxygens (including phenoxy) is 2. The topological polar surface area (TPSA) is 87.2 Å². The summed E-state index contributed by atoms with van der Waals surface area (Å²) < 4.78 is 28.5. The van der Waals surface area contributed by atoms with Gasteiger partial charge in [-0.3, -0.25) is 4.79 Å². The largest absolute Gasteiger partial charge is 0.0448 e. The van der Waals surface area contributed by atoms with E-state index in [0.717, 1.165) is 93.9 Å². The molecule has 1 saturated carbocycles. The smallest absolute Gasteiger partial charge is 0.0263 e. The first kappa shape index (κ1) is 38.3. The maximum atomic E-state index is 14.3. The number of fused-ring (bicyclic) bond motifs is 1. The Morgan fingerprint density at radius 1 is 1.12 bits per heavy atom. The molecule has 3 aliphatic rings. The molecule has 2 fully saturated rings. The molecule has 50 heavy (non-hydrogen) atoms. The van der Waals surface area contributed by atoms with Crippen LogP contribution < -0.4 is 14.4 Å². The quantitative estimate of drug-likeness (QED) is 0.189. The van der Waals surface area contributed by atoms with Crippen molar-refractivity contribution in [3.05, 3.63) is 65.6 Å². The Hall–Kier alpha value is -2.91. The molecule has 1 aliphatic carbocycles. The molecule has 0 N–H and O–H groups in total. The van der Waals surface area contributed by atoms with Crippen molar-refractivity contribution in [2.75, 3.05) is 55.8 Å². The molecule has 0 bridgehead atoms. The fourth-order valence-electron chi connectivity index (χ4n) is 7.60. The molecule has 1 atom stereocenters.